The molecule has 0 saturated heterocycles. The fourth-order valence-corrected chi connectivity index (χ4v) is 14.4. The molecule has 0 bridgehead atoms. The third-order valence-electron chi connectivity index (χ3n) is 18.2. The highest BCUT2D eigenvalue weighted by atomic mass is 16.3. The predicted molar refractivity (Wildman–Crippen MR) is 267 cm³/mol. The van der Waals surface area contributed by atoms with Gasteiger partial charge in [-0.15, -0.1) is 0 Å². The fourth-order valence-electron chi connectivity index (χ4n) is 14.4. The Kier molecular flexibility index (Phi) is 7.48. The zero-order valence-corrected chi connectivity index (χ0v) is 39.0. The number of unbranched alkanes of at least 4 members (excludes halogenated alkanes) is 1. The number of hydrogen-bond donors (Lipinski definition) is 0. The molecule has 0 amide bonds. The van der Waals surface area contributed by atoms with Crippen molar-refractivity contribution in [1.29, 1.82) is 0 Å². The van der Waals surface area contributed by atoms with Crippen molar-refractivity contribution in [2.75, 3.05) is 9.71 Å². The van der Waals surface area contributed by atoms with Crippen LogP contribution >= 0.6 is 0 Å². The Morgan fingerprint density at radius 1 is 0.603 bits per heavy atom. The monoisotopic (exact) mass is 824 g/mol. The summed E-state index contributed by atoms with van der Waals surface area (Å²) in [6, 6.07) is 38.5. The third-order valence-corrected chi connectivity index (χ3v) is 18.2. The van der Waals surface area contributed by atoms with Crippen molar-refractivity contribution in [3.8, 4) is 22.3 Å². The zero-order chi connectivity index (χ0) is 43.2. The number of rotatable bonds is 4. The topological polar surface area (TPSA) is 19.6 Å². The van der Waals surface area contributed by atoms with Gasteiger partial charge in [0.05, 0.1) is 5.54 Å². The molecule has 3 nitrogen and oxygen atoms in total. The largest absolute Gasteiger partial charge is 0.456 e. The lowest BCUT2D eigenvalue weighted by Gasteiger charge is -2.54. The Bertz CT molecular complexity index is 3150. The molecule has 6 aromatic carbocycles. The summed E-state index contributed by atoms with van der Waals surface area (Å²) in [5, 5.41) is 2.47. The normalized spacial score (nSPS) is 23.5. The summed E-state index contributed by atoms with van der Waals surface area (Å²) in [6.07, 6.45) is 10.8. The molecule has 4 heteroatoms. The molecule has 13 rings (SSSR count). The standard InChI is InChI=1S/C59H61BN2O/c1-10-11-19-35-28-46-53-47(29-35)60-52-42(31-41-37-22-15-16-23-43(37)57(6,7)51(41)54(52)61(53)59(9)25-18-17-24-58(46,59)8)38-30-39-40-32-44-45(56(4,5)27-26-55(44,2)3)33-49(40)63-50(39)34-48(38)62(60)36-20-13-12-14-21-36/h12-16,20-23,28-34H,10-11,17-19,24-27H2,1-9H3. The first-order chi connectivity index (χ1) is 30.2. The summed E-state index contributed by atoms with van der Waals surface area (Å²) >= 11 is 0. The van der Waals surface area contributed by atoms with E-state index >= 15 is 0 Å². The Morgan fingerprint density at radius 3 is 2.08 bits per heavy atom. The van der Waals surface area contributed by atoms with Crippen molar-refractivity contribution in [2.45, 2.75) is 147 Å². The molecule has 316 valence electrons. The van der Waals surface area contributed by atoms with Gasteiger partial charge in [0.25, 0.3) is 0 Å². The van der Waals surface area contributed by atoms with Gasteiger partial charge < -0.3 is 14.1 Å². The van der Waals surface area contributed by atoms with E-state index in [0.29, 0.717) is 0 Å². The minimum absolute atomic E-state index is 0.00983. The van der Waals surface area contributed by atoms with E-state index in [9.17, 15) is 0 Å². The highest BCUT2D eigenvalue weighted by Gasteiger charge is 2.63. The quantitative estimate of drug-likeness (QED) is 0.165. The van der Waals surface area contributed by atoms with Crippen LogP contribution in [0, 0.1) is 0 Å². The van der Waals surface area contributed by atoms with Crippen LogP contribution in [0.3, 0.4) is 0 Å². The van der Waals surface area contributed by atoms with E-state index in [0.717, 1.165) is 17.6 Å². The molecule has 3 aliphatic heterocycles. The Labute approximate surface area is 375 Å². The van der Waals surface area contributed by atoms with Crippen LogP contribution in [0.4, 0.5) is 22.7 Å². The van der Waals surface area contributed by atoms with Crippen LogP contribution in [-0.2, 0) is 28.1 Å². The summed E-state index contributed by atoms with van der Waals surface area (Å²) in [6.45, 7) is 22.4. The second kappa shape index (κ2) is 12.3. The van der Waals surface area contributed by atoms with Crippen molar-refractivity contribution in [3.05, 3.63) is 130 Å². The summed E-state index contributed by atoms with van der Waals surface area (Å²) in [4.78, 5) is 5.72. The fraction of sp³-hybridized carbons (Fsp3) is 0.390. The van der Waals surface area contributed by atoms with Crippen molar-refractivity contribution >= 4 is 62.5 Å². The maximum atomic E-state index is 7.11. The van der Waals surface area contributed by atoms with E-state index in [4.69, 9.17) is 4.42 Å². The highest BCUT2D eigenvalue weighted by Crippen LogP contribution is 2.65. The van der Waals surface area contributed by atoms with E-state index in [-0.39, 0.29) is 34.0 Å². The molecule has 2 unspecified atom stereocenters. The van der Waals surface area contributed by atoms with Crippen LogP contribution < -0.4 is 20.6 Å². The first-order valence-electron chi connectivity index (χ1n) is 24.4. The molecule has 0 radical (unpaired) electrons. The molecule has 6 aliphatic rings. The number of para-hydroxylation sites is 1. The number of hydrogen-bond acceptors (Lipinski definition) is 3. The molecule has 63 heavy (non-hydrogen) atoms. The summed E-state index contributed by atoms with van der Waals surface area (Å²) in [7, 11) is 0. The van der Waals surface area contributed by atoms with Gasteiger partial charge in [0.15, 0.2) is 0 Å². The minimum atomic E-state index is -0.175. The van der Waals surface area contributed by atoms with Gasteiger partial charge in [0.2, 0.25) is 0 Å². The second-order valence-corrected chi connectivity index (χ2v) is 22.9. The average Bonchev–Trinajstić information content (AvgIpc) is 3.82. The number of aryl methyl sites for hydroxylation is 1. The van der Waals surface area contributed by atoms with Crippen molar-refractivity contribution in [3.63, 3.8) is 0 Å². The number of fused-ring (bicyclic) bond motifs is 15. The van der Waals surface area contributed by atoms with Gasteiger partial charge in [-0.2, -0.15) is 0 Å². The minimum Gasteiger partial charge on any atom is -0.456 e. The first kappa shape index (κ1) is 38.3. The van der Waals surface area contributed by atoms with Crippen molar-refractivity contribution in [1.82, 2.24) is 0 Å². The van der Waals surface area contributed by atoms with Crippen LogP contribution in [0.15, 0.2) is 101 Å². The third kappa shape index (κ3) is 4.68. The van der Waals surface area contributed by atoms with Gasteiger partial charge in [0, 0.05) is 56.0 Å². The molecule has 2 atom stereocenters. The van der Waals surface area contributed by atoms with E-state index in [2.05, 4.69) is 169 Å². The summed E-state index contributed by atoms with van der Waals surface area (Å²) in [5.74, 6) is 0. The molecule has 0 N–H and O–H groups in total. The van der Waals surface area contributed by atoms with Crippen molar-refractivity contribution in [2.24, 2.45) is 0 Å². The van der Waals surface area contributed by atoms with Gasteiger partial charge >= 0.3 is 6.85 Å². The maximum absolute atomic E-state index is 7.11. The SMILES string of the molecule is CCCCc1cc2c3c(c1)C1(C)CCCCC1(C)N3c1c3c(cc4c1C(C)(C)c1ccccc1-4)-c1cc4c(cc1N(c1ccccc1)B23)oc1cc2c(cc14)C(C)(C)CCC2(C)C. The average molecular weight is 825 g/mol. The number of nitrogens with zero attached hydrogens (tertiary/aromatic N) is 2. The summed E-state index contributed by atoms with van der Waals surface area (Å²) in [5.41, 5.74) is 24.9. The molecule has 4 heterocycles. The van der Waals surface area contributed by atoms with Crippen molar-refractivity contribution < 1.29 is 4.42 Å². The zero-order valence-electron chi connectivity index (χ0n) is 39.0. The lowest BCUT2D eigenvalue weighted by Crippen LogP contribution is -2.65. The van der Waals surface area contributed by atoms with Gasteiger partial charge in [-0.1, -0.05) is 129 Å². The number of benzene rings is 6. The van der Waals surface area contributed by atoms with Crippen LogP contribution in [0.2, 0.25) is 0 Å². The molecular formula is C59H61BN2O. The number of anilines is 4. The first-order valence-corrected chi connectivity index (χ1v) is 24.4. The van der Waals surface area contributed by atoms with Gasteiger partial charge in [0.1, 0.15) is 11.2 Å². The molecule has 1 saturated carbocycles. The van der Waals surface area contributed by atoms with Crippen LogP contribution in [-0.4, -0.2) is 12.4 Å². The molecule has 1 fully saturated rings. The van der Waals surface area contributed by atoms with Gasteiger partial charge in [-0.05, 0) is 154 Å². The lowest BCUT2D eigenvalue weighted by molar-refractivity contribution is 0.194. The molecule has 7 aromatic rings. The maximum Gasteiger partial charge on any atom is 0.333 e. The van der Waals surface area contributed by atoms with Crippen LogP contribution in [0.1, 0.15) is 147 Å². The summed E-state index contributed by atoms with van der Waals surface area (Å²) < 4.78 is 7.11. The van der Waals surface area contributed by atoms with E-state index < -0.39 is 0 Å². The van der Waals surface area contributed by atoms with E-state index in [1.807, 2.05) is 0 Å². The van der Waals surface area contributed by atoms with Gasteiger partial charge in [-0.3, -0.25) is 0 Å². The number of furan rings is 1. The second-order valence-electron chi connectivity index (χ2n) is 22.9. The molecular weight excluding hydrogens is 763 g/mol. The molecule has 1 aromatic heterocycles. The van der Waals surface area contributed by atoms with E-state index in [1.54, 1.807) is 5.56 Å². The van der Waals surface area contributed by atoms with E-state index in [1.165, 1.54) is 146 Å². The predicted octanol–water partition coefficient (Wildman–Crippen LogP) is 14.6. The Balaban J connectivity index is 1.20. The molecule has 0 spiro atoms. The molecule has 3 aliphatic carbocycles. The highest BCUT2D eigenvalue weighted by molar-refractivity contribution is 6.93. The Morgan fingerprint density at radius 2 is 1.30 bits per heavy atom. The van der Waals surface area contributed by atoms with Gasteiger partial charge in [-0.25, -0.2) is 0 Å². The lowest BCUT2D eigenvalue weighted by atomic mass is 9.42. The van der Waals surface area contributed by atoms with Crippen LogP contribution in [0.25, 0.3) is 44.2 Å². The Hall–Kier alpha value is -5.22. The van der Waals surface area contributed by atoms with Crippen LogP contribution in [0.5, 0.6) is 0 Å². The smallest absolute Gasteiger partial charge is 0.333 e.